The first kappa shape index (κ1) is 18.1. The van der Waals surface area contributed by atoms with E-state index in [9.17, 15) is 17.6 Å². The number of rotatable bonds is 6. The Morgan fingerprint density at radius 1 is 1.17 bits per heavy atom. The van der Waals surface area contributed by atoms with Gasteiger partial charge in [0.1, 0.15) is 11.9 Å². The van der Waals surface area contributed by atoms with E-state index in [0.29, 0.717) is 5.56 Å². The Kier molecular flexibility index (Phi) is 5.66. The number of nitrogens with zero attached hydrogens (tertiary/aromatic N) is 1. The molecule has 1 atom stereocenters. The molecule has 0 radical (unpaired) electrons. The molecule has 0 saturated heterocycles. The summed E-state index contributed by atoms with van der Waals surface area (Å²) in [6.45, 7) is 1.28. The van der Waals surface area contributed by atoms with Crippen LogP contribution in [0.4, 0.5) is 4.39 Å². The molecule has 1 amide bonds. The van der Waals surface area contributed by atoms with Crippen molar-refractivity contribution in [1.29, 1.82) is 0 Å². The molecule has 2 aromatic rings. The molecule has 0 heterocycles. The van der Waals surface area contributed by atoms with Crippen molar-refractivity contribution in [2.75, 3.05) is 0 Å². The third kappa shape index (κ3) is 3.97. The van der Waals surface area contributed by atoms with Crippen molar-refractivity contribution in [2.45, 2.75) is 24.4 Å². The summed E-state index contributed by atoms with van der Waals surface area (Å²) >= 11 is 0. The fourth-order valence-corrected chi connectivity index (χ4v) is 3.74. The first-order valence-corrected chi connectivity index (χ1v) is 8.55. The normalized spacial score (nSPS) is 12.8. The van der Waals surface area contributed by atoms with Crippen LogP contribution in [0, 0.1) is 5.82 Å². The minimum atomic E-state index is -4.08. The summed E-state index contributed by atoms with van der Waals surface area (Å²) in [5.41, 5.74) is 2.13. The zero-order chi connectivity index (χ0) is 17.7. The number of benzene rings is 2. The van der Waals surface area contributed by atoms with Crippen molar-refractivity contribution in [3.8, 4) is 0 Å². The third-order valence-corrected chi connectivity index (χ3v) is 5.45. The van der Waals surface area contributed by atoms with Crippen LogP contribution >= 0.6 is 0 Å². The second-order valence-electron chi connectivity index (χ2n) is 5.14. The van der Waals surface area contributed by atoms with E-state index in [0.717, 1.165) is 28.6 Å². The second-order valence-corrected chi connectivity index (χ2v) is 7.03. The second kappa shape index (κ2) is 7.52. The zero-order valence-corrected chi connectivity index (χ0v) is 13.7. The summed E-state index contributed by atoms with van der Waals surface area (Å²) in [7, 11) is -4.08. The van der Waals surface area contributed by atoms with Gasteiger partial charge in [-0.25, -0.2) is 18.3 Å². The highest BCUT2D eigenvalue weighted by Crippen LogP contribution is 2.21. The molecule has 0 aliphatic rings. The van der Waals surface area contributed by atoms with Crippen molar-refractivity contribution < 1.29 is 22.8 Å². The minimum Gasteiger partial charge on any atom is -0.289 e. The molecule has 0 saturated carbocycles. The van der Waals surface area contributed by atoms with Gasteiger partial charge in [-0.05, 0) is 36.8 Å². The Labute approximate surface area is 139 Å². The molecule has 2 N–H and O–H groups in total. The molecule has 0 aliphatic heterocycles. The van der Waals surface area contributed by atoms with Crippen molar-refractivity contribution >= 4 is 15.9 Å². The maximum absolute atomic E-state index is 13.1. The maximum Gasteiger partial charge on any atom is 0.261 e. The highest BCUT2D eigenvalue weighted by atomic mass is 32.2. The Balaban J connectivity index is 2.44. The van der Waals surface area contributed by atoms with Crippen molar-refractivity contribution in [2.24, 2.45) is 0 Å². The van der Waals surface area contributed by atoms with Gasteiger partial charge < -0.3 is 0 Å². The number of amides is 1. The van der Waals surface area contributed by atoms with Crippen molar-refractivity contribution in [3.05, 3.63) is 66.0 Å². The van der Waals surface area contributed by atoms with E-state index in [1.54, 1.807) is 30.3 Å². The van der Waals surface area contributed by atoms with Crippen molar-refractivity contribution in [3.63, 3.8) is 0 Å². The molecule has 0 unspecified atom stereocenters. The van der Waals surface area contributed by atoms with Crippen LogP contribution in [0.1, 0.15) is 12.5 Å². The summed E-state index contributed by atoms with van der Waals surface area (Å²) in [5.74, 6) is -1.43. The summed E-state index contributed by atoms with van der Waals surface area (Å²) in [4.78, 5) is 11.6. The average Bonchev–Trinajstić information content (AvgIpc) is 2.59. The monoisotopic (exact) mass is 352 g/mol. The van der Waals surface area contributed by atoms with Crippen LogP contribution in [-0.4, -0.2) is 29.9 Å². The highest BCUT2D eigenvalue weighted by molar-refractivity contribution is 7.89. The van der Waals surface area contributed by atoms with E-state index < -0.39 is 27.8 Å². The van der Waals surface area contributed by atoms with Crippen LogP contribution < -0.4 is 5.48 Å². The number of hydrogen-bond donors (Lipinski definition) is 2. The fourth-order valence-electron chi connectivity index (χ4n) is 2.16. The van der Waals surface area contributed by atoms with E-state index in [2.05, 4.69) is 0 Å². The standard InChI is InChI=1S/C16H17FN2O4S/c1-12(16(20)18-21)19(11-13-5-3-2-4-6-13)24(22,23)15-9-7-14(17)8-10-15/h2-10,12,21H,11H2,1H3,(H,18,20)/t12-/m0/s1. The summed E-state index contributed by atoms with van der Waals surface area (Å²) < 4.78 is 39.7. The van der Waals surface area contributed by atoms with E-state index in [-0.39, 0.29) is 11.4 Å². The van der Waals surface area contributed by atoms with Gasteiger partial charge in [0, 0.05) is 6.54 Å². The lowest BCUT2D eigenvalue weighted by atomic mass is 10.2. The number of sulfonamides is 1. The number of carbonyl (C=O) groups is 1. The van der Waals surface area contributed by atoms with E-state index in [1.807, 2.05) is 0 Å². The van der Waals surface area contributed by atoms with Gasteiger partial charge in [-0.3, -0.25) is 10.0 Å². The number of carbonyl (C=O) groups excluding carboxylic acids is 1. The fraction of sp³-hybridized carbons (Fsp3) is 0.188. The lowest BCUT2D eigenvalue weighted by molar-refractivity contribution is -0.132. The number of hydroxylamine groups is 1. The molecule has 0 aromatic heterocycles. The smallest absolute Gasteiger partial charge is 0.261 e. The topological polar surface area (TPSA) is 86.7 Å². The minimum absolute atomic E-state index is 0.0743. The predicted molar refractivity (Wildman–Crippen MR) is 85.0 cm³/mol. The summed E-state index contributed by atoms with van der Waals surface area (Å²) in [6.07, 6.45) is 0. The average molecular weight is 352 g/mol. The molecule has 8 heteroatoms. The quantitative estimate of drug-likeness (QED) is 0.614. The molecular weight excluding hydrogens is 335 g/mol. The predicted octanol–water partition coefficient (Wildman–Crippen LogP) is 1.91. The number of hydrogen-bond acceptors (Lipinski definition) is 4. The number of halogens is 1. The van der Waals surface area contributed by atoms with Crippen LogP contribution in [0.2, 0.25) is 0 Å². The van der Waals surface area contributed by atoms with E-state index >= 15 is 0 Å². The van der Waals surface area contributed by atoms with E-state index in [4.69, 9.17) is 5.21 Å². The van der Waals surface area contributed by atoms with Gasteiger partial charge in [0.15, 0.2) is 0 Å². The Morgan fingerprint density at radius 2 is 1.75 bits per heavy atom. The molecule has 0 fully saturated rings. The molecule has 2 rings (SSSR count). The molecule has 128 valence electrons. The molecule has 6 nitrogen and oxygen atoms in total. The van der Waals surface area contributed by atoms with Crippen molar-refractivity contribution in [1.82, 2.24) is 9.79 Å². The molecule has 0 spiro atoms. The first-order chi connectivity index (χ1) is 11.4. The molecular formula is C16H17FN2O4S. The zero-order valence-electron chi connectivity index (χ0n) is 12.9. The summed E-state index contributed by atoms with van der Waals surface area (Å²) in [6, 6.07) is 11.9. The summed E-state index contributed by atoms with van der Waals surface area (Å²) in [5, 5.41) is 8.82. The first-order valence-electron chi connectivity index (χ1n) is 7.11. The van der Waals surface area contributed by atoms with Gasteiger partial charge in [-0.1, -0.05) is 30.3 Å². The molecule has 24 heavy (non-hydrogen) atoms. The Bertz CT molecular complexity index is 795. The van der Waals surface area contributed by atoms with Crippen LogP contribution in [0.5, 0.6) is 0 Å². The highest BCUT2D eigenvalue weighted by Gasteiger charge is 2.33. The Hall–Kier alpha value is -2.29. The van der Waals surface area contributed by atoms with Crippen LogP contribution in [0.25, 0.3) is 0 Å². The third-order valence-electron chi connectivity index (χ3n) is 3.52. The van der Waals surface area contributed by atoms with Crippen LogP contribution in [-0.2, 0) is 21.4 Å². The largest absolute Gasteiger partial charge is 0.289 e. The van der Waals surface area contributed by atoms with Gasteiger partial charge in [-0.2, -0.15) is 4.31 Å². The van der Waals surface area contributed by atoms with Crippen LogP contribution in [0.15, 0.2) is 59.5 Å². The van der Waals surface area contributed by atoms with Gasteiger partial charge >= 0.3 is 0 Å². The maximum atomic E-state index is 13.1. The lowest BCUT2D eigenvalue weighted by Gasteiger charge is -2.27. The van der Waals surface area contributed by atoms with Crippen LogP contribution in [0.3, 0.4) is 0 Å². The van der Waals surface area contributed by atoms with Gasteiger partial charge in [0.2, 0.25) is 10.0 Å². The Morgan fingerprint density at radius 3 is 2.29 bits per heavy atom. The van der Waals surface area contributed by atoms with Gasteiger partial charge in [0.05, 0.1) is 4.90 Å². The molecule has 0 bridgehead atoms. The molecule has 2 aromatic carbocycles. The lowest BCUT2D eigenvalue weighted by Crippen LogP contribution is -2.46. The SMILES string of the molecule is C[C@@H](C(=O)NO)N(Cc1ccccc1)S(=O)(=O)c1ccc(F)cc1. The number of nitrogens with one attached hydrogen (secondary N) is 1. The molecule has 0 aliphatic carbocycles. The van der Waals surface area contributed by atoms with Gasteiger partial charge in [-0.15, -0.1) is 0 Å². The van der Waals surface area contributed by atoms with E-state index in [1.165, 1.54) is 12.4 Å². The van der Waals surface area contributed by atoms with Gasteiger partial charge in [0.25, 0.3) is 5.91 Å².